The van der Waals surface area contributed by atoms with Crippen molar-refractivity contribution in [3.8, 4) is 16.5 Å². The second kappa shape index (κ2) is 9.66. The minimum atomic E-state index is 0.118. The average Bonchev–Trinajstić information content (AvgIpc) is 3.35. The zero-order valence-corrected chi connectivity index (χ0v) is 18.9. The van der Waals surface area contributed by atoms with Gasteiger partial charge in [-0.15, -0.1) is 21.5 Å². The van der Waals surface area contributed by atoms with Crippen LogP contribution in [-0.4, -0.2) is 45.0 Å². The predicted octanol–water partition coefficient (Wildman–Crippen LogP) is 4.79. The van der Waals surface area contributed by atoms with Gasteiger partial charge in [-0.05, 0) is 42.0 Å². The number of methoxy groups -OCH3 is 1. The lowest BCUT2D eigenvalue weighted by Gasteiger charge is -2.30. The van der Waals surface area contributed by atoms with Gasteiger partial charge < -0.3 is 14.2 Å². The van der Waals surface area contributed by atoms with Gasteiger partial charge in [0.15, 0.2) is 11.0 Å². The molecule has 1 aromatic carbocycles. The summed E-state index contributed by atoms with van der Waals surface area (Å²) in [4.78, 5) is 16.3. The van der Waals surface area contributed by atoms with Crippen LogP contribution in [0.15, 0.2) is 46.9 Å². The summed E-state index contributed by atoms with van der Waals surface area (Å²) in [6.45, 7) is 0.801. The number of hydrogen-bond donors (Lipinski definition) is 0. The highest BCUT2D eigenvalue weighted by molar-refractivity contribution is 7.99. The van der Waals surface area contributed by atoms with E-state index in [9.17, 15) is 4.79 Å². The highest BCUT2D eigenvalue weighted by Gasteiger charge is 2.27. The molecule has 1 amide bonds. The number of benzene rings is 1. The minimum absolute atomic E-state index is 0.118. The van der Waals surface area contributed by atoms with Gasteiger partial charge in [0.2, 0.25) is 5.91 Å². The highest BCUT2D eigenvalue weighted by Crippen LogP contribution is 2.32. The van der Waals surface area contributed by atoms with E-state index in [0.29, 0.717) is 5.75 Å². The van der Waals surface area contributed by atoms with Gasteiger partial charge in [0.05, 0.1) is 23.8 Å². The lowest BCUT2D eigenvalue weighted by molar-refractivity contribution is -0.130. The van der Waals surface area contributed by atoms with Gasteiger partial charge in [-0.2, -0.15) is 0 Å². The maximum absolute atomic E-state index is 13.2. The second-order valence-corrected chi connectivity index (χ2v) is 9.25. The first-order chi connectivity index (χ1) is 14.7. The molecule has 8 heteroatoms. The van der Waals surface area contributed by atoms with Crippen LogP contribution in [0.25, 0.3) is 10.7 Å². The van der Waals surface area contributed by atoms with Gasteiger partial charge in [0.25, 0.3) is 0 Å². The molecule has 1 unspecified atom stereocenters. The predicted molar refractivity (Wildman–Crippen MR) is 121 cm³/mol. The van der Waals surface area contributed by atoms with Crippen molar-refractivity contribution in [2.45, 2.75) is 36.9 Å². The molecule has 1 saturated heterocycles. The molecule has 0 radical (unpaired) electrons. The summed E-state index contributed by atoms with van der Waals surface area (Å²) >= 11 is 3.10. The van der Waals surface area contributed by atoms with Gasteiger partial charge in [-0.25, -0.2) is 0 Å². The summed E-state index contributed by atoms with van der Waals surface area (Å²) in [6.07, 6.45) is 4.35. The van der Waals surface area contributed by atoms with Gasteiger partial charge in [-0.1, -0.05) is 42.8 Å². The summed E-state index contributed by atoms with van der Waals surface area (Å²) in [5.41, 5.74) is 1.18. The Morgan fingerprint density at radius 3 is 2.77 bits per heavy atom. The smallest absolute Gasteiger partial charge is 0.233 e. The molecule has 1 fully saturated rings. The van der Waals surface area contributed by atoms with Crippen molar-refractivity contribution in [1.29, 1.82) is 0 Å². The quantitative estimate of drug-likeness (QED) is 0.514. The first-order valence-electron chi connectivity index (χ1n) is 10.2. The van der Waals surface area contributed by atoms with E-state index < -0.39 is 0 Å². The van der Waals surface area contributed by atoms with Crippen LogP contribution in [0.2, 0.25) is 0 Å². The van der Waals surface area contributed by atoms with Gasteiger partial charge >= 0.3 is 0 Å². The molecule has 30 heavy (non-hydrogen) atoms. The summed E-state index contributed by atoms with van der Waals surface area (Å²) in [7, 11) is 3.62. The molecule has 0 N–H and O–H groups in total. The Labute approximate surface area is 185 Å². The van der Waals surface area contributed by atoms with Gasteiger partial charge in [-0.3, -0.25) is 4.79 Å². The lowest BCUT2D eigenvalue weighted by atomic mass is 10.0. The Balaban J connectivity index is 1.46. The van der Waals surface area contributed by atoms with Crippen LogP contribution in [-0.2, 0) is 11.8 Å². The molecule has 1 aliphatic rings. The molecule has 158 valence electrons. The summed E-state index contributed by atoms with van der Waals surface area (Å²) in [6, 6.07) is 12.3. The van der Waals surface area contributed by atoms with E-state index in [1.54, 1.807) is 18.4 Å². The zero-order chi connectivity index (χ0) is 20.9. The van der Waals surface area contributed by atoms with E-state index in [-0.39, 0.29) is 11.9 Å². The maximum atomic E-state index is 13.2. The third-order valence-corrected chi connectivity index (χ3v) is 7.35. The Bertz CT molecular complexity index is 970. The van der Waals surface area contributed by atoms with Crippen LogP contribution in [0.4, 0.5) is 0 Å². The monoisotopic (exact) mass is 442 g/mol. The number of rotatable bonds is 6. The molecule has 0 saturated carbocycles. The lowest BCUT2D eigenvalue weighted by Crippen LogP contribution is -2.36. The van der Waals surface area contributed by atoms with Crippen LogP contribution in [0.3, 0.4) is 0 Å². The standard InChI is InChI=1S/C22H26N4O2S2/c1-25-21(19-8-6-14-29-19)23-24-22(25)30-15-20(27)26-13-5-3-4-7-18(26)16-9-11-17(28-2)12-10-16/h6,8-12,14,18H,3-5,7,13,15H2,1-2H3. The van der Waals surface area contributed by atoms with Crippen molar-refractivity contribution in [2.75, 3.05) is 19.4 Å². The molecule has 1 aliphatic heterocycles. The van der Waals surface area contributed by atoms with Crippen molar-refractivity contribution in [3.05, 3.63) is 47.3 Å². The van der Waals surface area contributed by atoms with Crippen molar-refractivity contribution in [3.63, 3.8) is 0 Å². The highest BCUT2D eigenvalue weighted by atomic mass is 32.2. The molecule has 3 aromatic rings. The fraction of sp³-hybridized carbons (Fsp3) is 0.409. The SMILES string of the molecule is COc1ccc(C2CCCCCN2C(=O)CSc2nnc(-c3cccs3)n2C)cc1. The maximum Gasteiger partial charge on any atom is 0.233 e. The van der Waals surface area contributed by atoms with Crippen molar-refractivity contribution in [1.82, 2.24) is 19.7 Å². The molecule has 1 atom stereocenters. The molecule has 2 aromatic heterocycles. The number of carbonyl (C=O) groups excluding carboxylic acids is 1. The molecule has 0 aliphatic carbocycles. The fourth-order valence-electron chi connectivity index (χ4n) is 3.85. The van der Waals surface area contributed by atoms with E-state index in [0.717, 1.165) is 53.8 Å². The number of likely N-dealkylation sites (tertiary alicyclic amines) is 1. The number of amides is 1. The Hall–Kier alpha value is -2.32. The number of nitrogens with zero attached hydrogens (tertiary/aromatic N) is 4. The van der Waals surface area contributed by atoms with Crippen LogP contribution in [0.1, 0.15) is 37.3 Å². The van der Waals surface area contributed by atoms with E-state index in [2.05, 4.69) is 27.2 Å². The largest absolute Gasteiger partial charge is 0.497 e. The van der Waals surface area contributed by atoms with Crippen molar-refractivity contribution < 1.29 is 9.53 Å². The van der Waals surface area contributed by atoms with Gasteiger partial charge in [0, 0.05) is 13.6 Å². The molecular formula is C22H26N4O2S2. The van der Waals surface area contributed by atoms with Crippen LogP contribution in [0.5, 0.6) is 5.75 Å². The van der Waals surface area contributed by atoms with Crippen molar-refractivity contribution >= 4 is 29.0 Å². The average molecular weight is 443 g/mol. The van der Waals surface area contributed by atoms with Gasteiger partial charge in [0.1, 0.15) is 5.75 Å². The number of thiophene rings is 1. The summed E-state index contributed by atoms with van der Waals surface area (Å²) < 4.78 is 7.25. The van der Waals surface area contributed by atoms with Crippen LogP contribution < -0.4 is 4.74 Å². The summed E-state index contributed by atoms with van der Waals surface area (Å²) in [5, 5.41) is 11.4. The van der Waals surface area contributed by atoms with Crippen LogP contribution >= 0.6 is 23.1 Å². The first kappa shape index (κ1) is 20.9. The van der Waals surface area contributed by atoms with E-state index in [4.69, 9.17) is 4.74 Å². The third-order valence-electron chi connectivity index (χ3n) is 5.47. The number of thioether (sulfide) groups is 1. The first-order valence-corrected chi connectivity index (χ1v) is 12.0. The molecule has 3 heterocycles. The number of aromatic nitrogens is 3. The van der Waals surface area contributed by atoms with E-state index >= 15 is 0 Å². The molecular weight excluding hydrogens is 416 g/mol. The second-order valence-electron chi connectivity index (χ2n) is 7.36. The Kier molecular flexibility index (Phi) is 6.74. The molecule has 0 bridgehead atoms. The summed E-state index contributed by atoms with van der Waals surface area (Å²) in [5.74, 6) is 2.20. The molecule has 0 spiro atoms. The normalized spacial score (nSPS) is 17.0. The fourth-order valence-corrected chi connectivity index (χ4v) is 5.39. The number of carbonyl (C=O) groups is 1. The van der Waals surface area contributed by atoms with E-state index in [1.165, 1.54) is 17.3 Å². The number of ether oxygens (including phenoxy) is 1. The van der Waals surface area contributed by atoms with E-state index in [1.807, 2.05) is 41.3 Å². The topological polar surface area (TPSA) is 60.2 Å². The Morgan fingerprint density at radius 2 is 2.03 bits per heavy atom. The minimum Gasteiger partial charge on any atom is -0.497 e. The van der Waals surface area contributed by atoms with Crippen LogP contribution in [0, 0.1) is 0 Å². The van der Waals surface area contributed by atoms with Crippen molar-refractivity contribution in [2.24, 2.45) is 7.05 Å². The molecule has 6 nitrogen and oxygen atoms in total. The zero-order valence-electron chi connectivity index (χ0n) is 17.3. The third kappa shape index (κ3) is 4.54. The molecule has 4 rings (SSSR count). The number of hydrogen-bond acceptors (Lipinski definition) is 6. The Morgan fingerprint density at radius 1 is 1.20 bits per heavy atom.